The Hall–Kier alpha value is -0.820. The summed E-state index contributed by atoms with van der Waals surface area (Å²) in [7, 11) is 0. The Morgan fingerprint density at radius 1 is 0.864 bits per heavy atom. The molecule has 0 amide bonds. The summed E-state index contributed by atoms with van der Waals surface area (Å²) in [4.78, 5) is 0. The molecule has 0 saturated heterocycles. The lowest BCUT2D eigenvalue weighted by Gasteiger charge is -2.54. The van der Waals surface area contributed by atoms with Crippen molar-refractivity contribution in [2.24, 2.45) is 29.6 Å². The summed E-state index contributed by atoms with van der Waals surface area (Å²) in [6.45, 7) is 9.04. The first-order valence-electron chi connectivity index (χ1n) is 9.37. The second kappa shape index (κ2) is 5.67. The molecule has 1 heteroatoms. The van der Waals surface area contributed by atoms with Crippen LogP contribution in [-0.2, 0) is 6.54 Å². The second-order valence-electron chi connectivity index (χ2n) is 8.60. The molecule has 5 rings (SSSR count). The zero-order valence-corrected chi connectivity index (χ0v) is 14.5. The molecule has 22 heavy (non-hydrogen) atoms. The third kappa shape index (κ3) is 2.62. The minimum atomic E-state index is 0.971. The molecule has 4 aliphatic rings. The molecule has 4 bridgehead atoms. The van der Waals surface area contributed by atoms with Gasteiger partial charge in [0.25, 0.3) is 0 Å². The fraction of sp³-hybridized carbons (Fsp3) is 0.714. The maximum absolute atomic E-state index is 3.83. The van der Waals surface area contributed by atoms with Crippen molar-refractivity contribution in [1.82, 2.24) is 5.32 Å². The number of hydrogen-bond donors (Lipinski definition) is 1. The quantitative estimate of drug-likeness (QED) is 0.844. The van der Waals surface area contributed by atoms with Gasteiger partial charge in [-0.15, -0.1) is 0 Å². The highest BCUT2D eigenvalue weighted by atomic mass is 14.9. The molecular formula is C21H31N. The van der Waals surface area contributed by atoms with E-state index in [4.69, 9.17) is 0 Å². The highest BCUT2D eigenvalue weighted by molar-refractivity contribution is 5.37. The molecule has 0 unspecified atom stereocenters. The second-order valence-corrected chi connectivity index (χ2v) is 8.60. The molecule has 1 N–H and O–H groups in total. The summed E-state index contributed by atoms with van der Waals surface area (Å²) in [5.41, 5.74) is 5.82. The van der Waals surface area contributed by atoms with E-state index in [2.05, 4.69) is 38.2 Å². The van der Waals surface area contributed by atoms with Gasteiger partial charge in [0.15, 0.2) is 0 Å². The maximum atomic E-state index is 3.83. The predicted molar refractivity (Wildman–Crippen MR) is 92.9 cm³/mol. The summed E-state index contributed by atoms with van der Waals surface area (Å²) in [5.74, 6) is 5.26. The van der Waals surface area contributed by atoms with Crippen LogP contribution in [0.15, 0.2) is 12.1 Å². The fourth-order valence-electron chi connectivity index (χ4n) is 6.22. The van der Waals surface area contributed by atoms with Crippen LogP contribution in [-0.4, -0.2) is 6.54 Å². The minimum Gasteiger partial charge on any atom is -0.312 e. The first-order chi connectivity index (χ1) is 10.6. The van der Waals surface area contributed by atoms with E-state index in [9.17, 15) is 0 Å². The van der Waals surface area contributed by atoms with E-state index < -0.39 is 0 Å². The van der Waals surface area contributed by atoms with Crippen LogP contribution < -0.4 is 5.32 Å². The van der Waals surface area contributed by atoms with Crippen molar-refractivity contribution in [2.75, 3.05) is 6.54 Å². The lowest BCUT2D eigenvalue weighted by atomic mass is 9.52. The van der Waals surface area contributed by atoms with Gasteiger partial charge in [0.05, 0.1) is 0 Å². The topological polar surface area (TPSA) is 12.0 Å². The number of hydrogen-bond acceptors (Lipinski definition) is 1. The molecule has 4 fully saturated rings. The minimum absolute atomic E-state index is 0.971. The van der Waals surface area contributed by atoms with E-state index in [1.807, 2.05) is 0 Å². The highest BCUT2D eigenvalue weighted by Crippen LogP contribution is 2.56. The van der Waals surface area contributed by atoms with Crippen molar-refractivity contribution >= 4 is 0 Å². The van der Waals surface area contributed by atoms with Gasteiger partial charge in [0.1, 0.15) is 0 Å². The molecule has 1 nitrogen and oxygen atoms in total. The van der Waals surface area contributed by atoms with Crippen molar-refractivity contribution in [2.45, 2.75) is 59.4 Å². The van der Waals surface area contributed by atoms with E-state index in [0.29, 0.717) is 0 Å². The largest absolute Gasteiger partial charge is 0.312 e. The van der Waals surface area contributed by atoms with Gasteiger partial charge >= 0.3 is 0 Å². The first-order valence-corrected chi connectivity index (χ1v) is 9.37. The number of rotatable bonds is 4. The Bertz CT molecular complexity index is 508. The van der Waals surface area contributed by atoms with Crippen molar-refractivity contribution < 1.29 is 0 Å². The zero-order valence-electron chi connectivity index (χ0n) is 14.5. The number of nitrogens with one attached hydrogen (secondary N) is 1. The lowest BCUT2D eigenvalue weighted by Crippen LogP contribution is -2.48. The SMILES string of the molecule is Cc1cc(C)c(CNCC2C3CC4CC(C3)CC2C4)c(C)c1. The van der Waals surface area contributed by atoms with Gasteiger partial charge in [-0.1, -0.05) is 17.7 Å². The summed E-state index contributed by atoms with van der Waals surface area (Å²) in [6, 6.07) is 4.65. The van der Waals surface area contributed by atoms with E-state index in [0.717, 1.165) is 36.1 Å². The van der Waals surface area contributed by atoms with Gasteiger partial charge in [-0.25, -0.2) is 0 Å². The summed E-state index contributed by atoms with van der Waals surface area (Å²) < 4.78 is 0. The van der Waals surface area contributed by atoms with E-state index >= 15 is 0 Å². The third-order valence-corrected chi connectivity index (χ3v) is 6.94. The van der Waals surface area contributed by atoms with Gasteiger partial charge in [-0.2, -0.15) is 0 Å². The lowest BCUT2D eigenvalue weighted by molar-refractivity contribution is -0.0355. The molecule has 4 aliphatic carbocycles. The van der Waals surface area contributed by atoms with Crippen LogP contribution in [0.4, 0.5) is 0 Å². The van der Waals surface area contributed by atoms with Crippen molar-refractivity contribution in [3.8, 4) is 0 Å². The number of aryl methyl sites for hydroxylation is 3. The van der Waals surface area contributed by atoms with Gasteiger partial charge in [-0.3, -0.25) is 0 Å². The van der Waals surface area contributed by atoms with Crippen molar-refractivity contribution in [3.05, 3.63) is 34.4 Å². The highest BCUT2D eigenvalue weighted by Gasteiger charge is 2.47. The predicted octanol–water partition coefficient (Wildman–Crippen LogP) is 4.77. The van der Waals surface area contributed by atoms with Crippen LogP contribution in [0, 0.1) is 50.4 Å². The van der Waals surface area contributed by atoms with Crippen LogP contribution in [0.5, 0.6) is 0 Å². The molecule has 0 radical (unpaired) electrons. The van der Waals surface area contributed by atoms with Crippen molar-refractivity contribution in [3.63, 3.8) is 0 Å². The van der Waals surface area contributed by atoms with Crippen LogP contribution in [0.3, 0.4) is 0 Å². The monoisotopic (exact) mass is 297 g/mol. The molecule has 0 aliphatic heterocycles. The van der Waals surface area contributed by atoms with Crippen molar-refractivity contribution in [1.29, 1.82) is 0 Å². The van der Waals surface area contributed by atoms with E-state index in [1.165, 1.54) is 28.8 Å². The average molecular weight is 297 g/mol. The average Bonchev–Trinajstić information content (AvgIpc) is 2.43. The molecule has 0 heterocycles. The summed E-state index contributed by atoms with van der Waals surface area (Å²) >= 11 is 0. The molecule has 4 saturated carbocycles. The van der Waals surface area contributed by atoms with Gasteiger partial charge in [0.2, 0.25) is 0 Å². The Labute approximate surface area is 135 Å². The van der Waals surface area contributed by atoms with E-state index in [1.54, 1.807) is 32.1 Å². The molecule has 1 aromatic rings. The Balaban J connectivity index is 1.38. The van der Waals surface area contributed by atoms with Gasteiger partial charge in [-0.05, 0) is 106 Å². The normalized spacial score (nSPS) is 36.0. The molecular weight excluding hydrogens is 266 g/mol. The van der Waals surface area contributed by atoms with Crippen LogP contribution in [0.1, 0.15) is 54.4 Å². The summed E-state index contributed by atoms with van der Waals surface area (Å²) in [5, 5.41) is 3.83. The molecule has 0 aromatic heterocycles. The Kier molecular flexibility index (Phi) is 3.80. The third-order valence-electron chi connectivity index (χ3n) is 6.94. The standard InChI is InChI=1S/C21H31N/c1-13-4-14(2)20(15(3)5-13)11-22-12-21-18-7-16-6-17(9-18)10-19(21)8-16/h4-5,16-19,21-22H,6-12H2,1-3H3. The summed E-state index contributed by atoms with van der Waals surface area (Å²) in [6.07, 6.45) is 7.74. The molecule has 1 aromatic carbocycles. The van der Waals surface area contributed by atoms with Gasteiger partial charge < -0.3 is 5.32 Å². The van der Waals surface area contributed by atoms with Crippen LogP contribution in [0.2, 0.25) is 0 Å². The molecule has 0 spiro atoms. The Morgan fingerprint density at radius 3 is 1.95 bits per heavy atom. The molecule has 120 valence electrons. The Morgan fingerprint density at radius 2 is 1.41 bits per heavy atom. The van der Waals surface area contributed by atoms with Crippen LogP contribution >= 0.6 is 0 Å². The number of benzene rings is 1. The zero-order chi connectivity index (χ0) is 15.3. The smallest absolute Gasteiger partial charge is 0.0210 e. The fourth-order valence-corrected chi connectivity index (χ4v) is 6.22. The first kappa shape index (κ1) is 14.8. The molecule has 0 atom stereocenters. The maximum Gasteiger partial charge on any atom is 0.0210 e. The van der Waals surface area contributed by atoms with E-state index in [-0.39, 0.29) is 0 Å². The van der Waals surface area contributed by atoms with Gasteiger partial charge in [0, 0.05) is 6.54 Å². The van der Waals surface area contributed by atoms with Crippen LogP contribution in [0.25, 0.3) is 0 Å².